The molecule has 1 aromatic carbocycles. The van der Waals surface area contributed by atoms with Crippen LogP contribution in [0.2, 0.25) is 10.0 Å². The number of hydrogen-bond donors (Lipinski definition) is 1. The molecule has 0 aliphatic heterocycles. The van der Waals surface area contributed by atoms with E-state index in [9.17, 15) is 9.59 Å². The fourth-order valence-corrected chi connectivity index (χ4v) is 1.83. The summed E-state index contributed by atoms with van der Waals surface area (Å²) in [5.41, 5.74) is 0.550. The van der Waals surface area contributed by atoms with E-state index in [2.05, 4.69) is 0 Å². The molecule has 0 saturated carbocycles. The Hall–Kier alpha value is -1.26. The Labute approximate surface area is 121 Å². The fraction of sp³-hybridized carbons (Fsp3) is 0.385. The van der Waals surface area contributed by atoms with Crippen molar-refractivity contribution < 1.29 is 14.7 Å². The van der Waals surface area contributed by atoms with Crippen LogP contribution in [0.25, 0.3) is 0 Å². The summed E-state index contributed by atoms with van der Waals surface area (Å²) in [4.78, 5) is 24.2. The van der Waals surface area contributed by atoms with Gasteiger partial charge in [-0.25, -0.2) is 0 Å². The van der Waals surface area contributed by atoms with Crippen molar-refractivity contribution in [1.29, 1.82) is 0 Å². The van der Waals surface area contributed by atoms with E-state index in [1.54, 1.807) is 32.0 Å². The first-order valence-electron chi connectivity index (χ1n) is 5.81. The number of aliphatic carboxylic acids is 1. The summed E-state index contributed by atoms with van der Waals surface area (Å²) in [6.07, 6.45) is -0.126. The summed E-state index contributed by atoms with van der Waals surface area (Å²) in [6.45, 7) is 3.62. The van der Waals surface area contributed by atoms with Gasteiger partial charge in [-0.3, -0.25) is 9.59 Å². The van der Waals surface area contributed by atoms with Gasteiger partial charge in [0.1, 0.15) is 0 Å². The summed E-state index contributed by atoms with van der Waals surface area (Å²) < 4.78 is 0. The molecule has 0 aromatic heterocycles. The summed E-state index contributed by atoms with van der Waals surface area (Å²) >= 11 is 11.7. The molecule has 1 aromatic rings. The molecule has 1 amide bonds. The van der Waals surface area contributed by atoms with Crippen LogP contribution < -0.4 is 4.90 Å². The van der Waals surface area contributed by atoms with E-state index in [1.807, 2.05) is 0 Å². The summed E-state index contributed by atoms with van der Waals surface area (Å²) in [7, 11) is 0. The van der Waals surface area contributed by atoms with Gasteiger partial charge < -0.3 is 10.0 Å². The number of amides is 1. The lowest BCUT2D eigenvalue weighted by Gasteiger charge is -2.24. The molecule has 6 heteroatoms. The number of carbonyl (C=O) groups is 2. The highest BCUT2D eigenvalue weighted by molar-refractivity contribution is 6.42. The molecule has 0 atom stereocenters. The molecular formula is C13H15Cl2NO3. The number of carboxylic acid groups (broad SMARTS) is 1. The zero-order chi connectivity index (χ0) is 14.6. The minimum atomic E-state index is -0.957. The second-order valence-corrected chi connectivity index (χ2v) is 5.20. The number of carboxylic acids is 1. The third kappa shape index (κ3) is 4.40. The highest BCUT2D eigenvalue weighted by atomic mass is 35.5. The second kappa shape index (κ2) is 6.78. The fourth-order valence-electron chi connectivity index (χ4n) is 1.54. The maximum atomic E-state index is 12.1. The standard InChI is InChI=1S/C13H15Cl2NO3/c1-8(2)13(19)16(6-5-12(17)18)9-3-4-10(14)11(15)7-9/h3-4,7-8H,5-6H2,1-2H3,(H,17,18). The number of anilines is 1. The molecule has 0 fully saturated rings. The third-order valence-electron chi connectivity index (χ3n) is 2.52. The van der Waals surface area contributed by atoms with Gasteiger partial charge in [0.15, 0.2) is 0 Å². The topological polar surface area (TPSA) is 57.6 Å². The van der Waals surface area contributed by atoms with Crippen LogP contribution in [-0.4, -0.2) is 23.5 Å². The molecule has 104 valence electrons. The van der Waals surface area contributed by atoms with E-state index in [-0.39, 0.29) is 24.8 Å². The van der Waals surface area contributed by atoms with Gasteiger partial charge in [-0.2, -0.15) is 0 Å². The minimum absolute atomic E-state index is 0.101. The minimum Gasteiger partial charge on any atom is -0.481 e. The van der Waals surface area contributed by atoms with E-state index < -0.39 is 5.97 Å². The van der Waals surface area contributed by atoms with Crippen molar-refractivity contribution in [3.63, 3.8) is 0 Å². The average Bonchev–Trinajstić information content (AvgIpc) is 2.33. The van der Waals surface area contributed by atoms with Gasteiger partial charge >= 0.3 is 5.97 Å². The molecule has 0 aliphatic carbocycles. The zero-order valence-electron chi connectivity index (χ0n) is 10.7. The van der Waals surface area contributed by atoms with Crippen molar-refractivity contribution in [2.75, 3.05) is 11.4 Å². The molecule has 0 heterocycles. The summed E-state index contributed by atoms with van der Waals surface area (Å²) in [5, 5.41) is 9.46. The molecule has 19 heavy (non-hydrogen) atoms. The Balaban J connectivity index is 3.03. The molecule has 0 radical (unpaired) electrons. The number of halogens is 2. The Morgan fingerprint density at radius 1 is 1.26 bits per heavy atom. The normalized spacial score (nSPS) is 10.6. The van der Waals surface area contributed by atoms with Crippen LogP contribution in [0.3, 0.4) is 0 Å². The van der Waals surface area contributed by atoms with Crippen molar-refractivity contribution >= 4 is 40.8 Å². The highest BCUT2D eigenvalue weighted by Crippen LogP contribution is 2.28. The number of rotatable bonds is 5. The van der Waals surface area contributed by atoms with Gasteiger partial charge in [0.25, 0.3) is 0 Å². The Bertz CT molecular complexity index is 489. The Morgan fingerprint density at radius 2 is 1.89 bits per heavy atom. The number of hydrogen-bond acceptors (Lipinski definition) is 2. The van der Waals surface area contributed by atoms with Crippen molar-refractivity contribution in [3.05, 3.63) is 28.2 Å². The molecule has 0 spiro atoms. The second-order valence-electron chi connectivity index (χ2n) is 4.39. The summed E-state index contributed by atoms with van der Waals surface area (Å²) in [6, 6.07) is 4.79. The Morgan fingerprint density at radius 3 is 2.37 bits per heavy atom. The first-order valence-corrected chi connectivity index (χ1v) is 6.56. The van der Waals surface area contributed by atoms with Crippen LogP contribution in [0.4, 0.5) is 5.69 Å². The van der Waals surface area contributed by atoms with Crippen LogP contribution in [0.1, 0.15) is 20.3 Å². The van der Waals surface area contributed by atoms with Crippen molar-refractivity contribution in [2.45, 2.75) is 20.3 Å². The lowest BCUT2D eigenvalue weighted by atomic mass is 10.1. The van der Waals surface area contributed by atoms with Gasteiger partial charge in [-0.05, 0) is 18.2 Å². The van der Waals surface area contributed by atoms with E-state index in [4.69, 9.17) is 28.3 Å². The molecular weight excluding hydrogens is 289 g/mol. The van der Waals surface area contributed by atoms with Crippen LogP contribution in [-0.2, 0) is 9.59 Å². The molecule has 0 saturated heterocycles. The van der Waals surface area contributed by atoms with E-state index in [0.29, 0.717) is 15.7 Å². The molecule has 1 rings (SSSR count). The van der Waals surface area contributed by atoms with Crippen LogP contribution >= 0.6 is 23.2 Å². The maximum Gasteiger partial charge on any atom is 0.305 e. The third-order valence-corrected chi connectivity index (χ3v) is 3.26. The van der Waals surface area contributed by atoms with Gasteiger partial charge in [0, 0.05) is 18.2 Å². The van der Waals surface area contributed by atoms with E-state index in [0.717, 1.165) is 0 Å². The van der Waals surface area contributed by atoms with Gasteiger partial charge in [-0.15, -0.1) is 0 Å². The number of benzene rings is 1. The van der Waals surface area contributed by atoms with Gasteiger partial charge in [0.2, 0.25) is 5.91 Å². The van der Waals surface area contributed by atoms with Crippen molar-refractivity contribution in [2.24, 2.45) is 5.92 Å². The molecule has 0 bridgehead atoms. The van der Waals surface area contributed by atoms with Crippen molar-refractivity contribution in [1.82, 2.24) is 0 Å². The van der Waals surface area contributed by atoms with E-state index in [1.165, 1.54) is 4.90 Å². The number of carbonyl (C=O) groups excluding carboxylic acids is 1. The van der Waals surface area contributed by atoms with Gasteiger partial charge in [-0.1, -0.05) is 37.0 Å². The van der Waals surface area contributed by atoms with Crippen LogP contribution in [0.5, 0.6) is 0 Å². The van der Waals surface area contributed by atoms with Gasteiger partial charge in [0.05, 0.1) is 16.5 Å². The van der Waals surface area contributed by atoms with E-state index >= 15 is 0 Å². The first-order chi connectivity index (χ1) is 8.82. The predicted molar refractivity (Wildman–Crippen MR) is 75.9 cm³/mol. The largest absolute Gasteiger partial charge is 0.481 e. The quantitative estimate of drug-likeness (QED) is 0.906. The highest BCUT2D eigenvalue weighted by Gasteiger charge is 2.20. The molecule has 1 N–H and O–H groups in total. The average molecular weight is 304 g/mol. The monoisotopic (exact) mass is 303 g/mol. The zero-order valence-corrected chi connectivity index (χ0v) is 12.2. The lowest BCUT2D eigenvalue weighted by molar-refractivity contribution is -0.136. The smallest absolute Gasteiger partial charge is 0.305 e. The van der Waals surface area contributed by atoms with Crippen LogP contribution in [0, 0.1) is 5.92 Å². The molecule has 0 unspecified atom stereocenters. The molecule has 4 nitrogen and oxygen atoms in total. The SMILES string of the molecule is CC(C)C(=O)N(CCC(=O)O)c1ccc(Cl)c(Cl)c1. The molecule has 0 aliphatic rings. The predicted octanol–water partition coefficient (Wildman–Crippen LogP) is 3.46. The number of nitrogens with zero attached hydrogens (tertiary/aromatic N) is 1. The maximum absolute atomic E-state index is 12.1. The lowest BCUT2D eigenvalue weighted by Crippen LogP contribution is -2.36. The first kappa shape index (κ1) is 15.8. The van der Waals surface area contributed by atoms with Crippen molar-refractivity contribution in [3.8, 4) is 0 Å². The summed E-state index contributed by atoms with van der Waals surface area (Å²) in [5.74, 6) is -1.34. The van der Waals surface area contributed by atoms with Crippen LogP contribution in [0.15, 0.2) is 18.2 Å². The Kier molecular flexibility index (Phi) is 5.63.